The van der Waals surface area contributed by atoms with E-state index in [0.29, 0.717) is 19.0 Å². The lowest BCUT2D eigenvalue weighted by Gasteiger charge is -2.36. The minimum atomic E-state index is -1.70. The van der Waals surface area contributed by atoms with Gasteiger partial charge in [0.2, 0.25) is 5.88 Å². The number of rotatable bonds is 9. The molecule has 0 bridgehead atoms. The highest BCUT2D eigenvalue weighted by Crippen LogP contribution is 2.38. The van der Waals surface area contributed by atoms with Gasteiger partial charge in [-0.3, -0.25) is 0 Å². The highest BCUT2D eigenvalue weighted by molar-refractivity contribution is 7.99. The normalized spacial score (nSPS) is 16.5. The number of carbonyl (C=O) groups excluding carboxylic acids is 1. The summed E-state index contributed by atoms with van der Waals surface area (Å²) >= 11 is 1.86. The highest BCUT2D eigenvalue weighted by atomic mass is 32.2. The van der Waals surface area contributed by atoms with Gasteiger partial charge < -0.3 is 23.7 Å². The number of nitrogens with zero attached hydrogens (tertiary/aromatic N) is 4. The molecule has 1 fully saturated rings. The number of amides is 1. The van der Waals surface area contributed by atoms with Gasteiger partial charge in [0.1, 0.15) is 18.2 Å². The first-order valence-electron chi connectivity index (χ1n) is 14.0. The second-order valence-electron chi connectivity index (χ2n) is 12.1. The maximum absolute atomic E-state index is 12.2. The van der Waals surface area contributed by atoms with Crippen LogP contribution in [-0.4, -0.2) is 73.5 Å². The van der Waals surface area contributed by atoms with Gasteiger partial charge in [0.15, 0.2) is 8.32 Å². The van der Waals surface area contributed by atoms with Crippen molar-refractivity contribution in [3.05, 3.63) is 36.2 Å². The number of carbonyl (C=O) groups is 1. The molecule has 1 saturated heterocycles. The van der Waals surface area contributed by atoms with Crippen LogP contribution in [0.15, 0.2) is 35.5 Å². The Kier molecular flexibility index (Phi) is 9.49. The number of anilines is 2. The minimum absolute atomic E-state index is 0.0157. The van der Waals surface area contributed by atoms with Crippen molar-refractivity contribution in [2.45, 2.75) is 89.1 Å². The molecule has 1 aromatic carbocycles. The number of aromatic nitrogens is 2. The minimum Gasteiger partial charge on any atom is -0.474 e. The maximum atomic E-state index is 12.2. The lowest BCUT2D eigenvalue weighted by molar-refractivity contribution is 0.0507. The first kappa shape index (κ1) is 29.7. The zero-order chi connectivity index (χ0) is 28.2. The summed E-state index contributed by atoms with van der Waals surface area (Å²) in [7, 11) is -1.70. The Labute approximate surface area is 238 Å². The van der Waals surface area contributed by atoms with Crippen molar-refractivity contribution in [3.8, 4) is 5.88 Å². The standard InChI is InChI=1S/C29H44N4O4SSi/c1-21(2)36-28(34)32-13-11-23(12-14-32)37-27-19-26(30-20-31-27)33-15-10-22-18-24(8-9-25(22)33)38-17-16-35-39(6,7)29(3,4)5/h8-9,18-21,23H,10-17H2,1-7H3. The summed E-state index contributed by atoms with van der Waals surface area (Å²) in [5.74, 6) is 2.38. The average molecular weight is 573 g/mol. The van der Waals surface area contributed by atoms with Gasteiger partial charge in [-0.2, -0.15) is 0 Å². The van der Waals surface area contributed by atoms with Crippen molar-refractivity contribution in [2.75, 3.05) is 36.9 Å². The molecule has 10 heteroatoms. The molecular formula is C29H44N4O4SSi. The third-order valence-corrected chi connectivity index (χ3v) is 13.3. The number of thioether (sulfide) groups is 1. The van der Waals surface area contributed by atoms with E-state index in [1.165, 1.54) is 16.1 Å². The molecule has 39 heavy (non-hydrogen) atoms. The summed E-state index contributed by atoms with van der Waals surface area (Å²) in [5.41, 5.74) is 2.53. The molecule has 214 valence electrons. The second kappa shape index (κ2) is 12.5. The number of hydrogen-bond donors (Lipinski definition) is 0. The fraction of sp³-hybridized carbons (Fsp3) is 0.621. The first-order valence-corrected chi connectivity index (χ1v) is 17.9. The van der Waals surface area contributed by atoms with E-state index in [0.717, 1.165) is 44.0 Å². The van der Waals surface area contributed by atoms with Crippen molar-refractivity contribution < 1.29 is 18.7 Å². The smallest absolute Gasteiger partial charge is 0.410 e. The van der Waals surface area contributed by atoms with Crippen LogP contribution in [0.25, 0.3) is 0 Å². The van der Waals surface area contributed by atoms with E-state index in [9.17, 15) is 4.79 Å². The van der Waals surface area contributed by atoms with Crippen LogP contribution in [0.5, 0.6) is 5.88 Å². The van der Waals surface area contributed by atoms with Gasteiger partial charge in [0, 0.05) is 61.5 Å². The van der Waals surface area contributed by atoms with Gasteiger partial charge in [-0.25, -0.2) is 14.8 Å². The Hall–Kier alpha value is -2.30. The summed E-state index contributed by atoms with van der Waals surface area (Å²) in [6.45, 7) is 18.1. The van der Waals surface area contributed by atoms with Gasteiger partial charge in [-0.15, -0.1) is 11.8 Å². The number of hydrogen-bond acceptors (Lipinski definition) is 8. The largest absolute Gasteiger partial charge is 0.474 e. The van der Waals surface area contributed by atoms with Crippen LogP contribution in [0.3, 0.4) is 0 Å². The third-order valence-electron chi connectivity index (χ3n) is 7.80. The second-order valence-corrected chi connectivity index (χ2v) is 18.1. The Morgan fingerprint density at radius 3 is 2.56 bits per heavy atom. The Balaban J connectivity index is 1.30. The molecule has 2 aliphatic heterocycles. The monoisotopic (exact) mass is 572 g/mol. The van der Waals surface area contributed by atoms with Crippen LogP contribution < -0.4 is 9.64 Å². The van der Waals surface area contributed by atoms with Crippen molar-refractivity contribution in [1.29, 1.82) is 0 Å². The molecule has 3 heterocycles. The van der Waals surface area contributed by atoms with Gasteiger partial charge in [-0.05, 0) is 62.2 Å². The van der Waals surface area contributed by atoms with Gasteiger partial charge in [0.05, 0.1) is 6.10 Å². The predicted octanol–water partition coefficient (Wildman–Crippen LogP) is 6.67. The van der Waals surface area contributed by atoms with E-state index in [2.05, 4.69) is 66.9 Å². The van der Waals surface area contributed by atoms with Crippen LogP contribution in [0.2, 0.25) is 18.1 Å². The Morgan fingerprint density at radius 2 is 1.87 bits per heavy atom. The van der Waals surface area contributed by atoms with Crippen LogP contribution >= 0.6 is 11.8 Å². The van der Waals surface area contributed by atoms with E-state index >= 15 is 0 Å². The molecule has 1 amide bonds. The lowest BCUT2D eigenvalue weighted by atomic mass is 10.1. The van der Waals surface area contributed by atoms with Crippen LogP contribution in [-0.2, 0) is 15.6 Å². The molecule has 0 N–H and O–H groups in total. The molecule has 2 aliphatic rings. The summed E-state index contributed by atoms with van der Waals surface area (Å²) in [6, 6.07) is 8.64. The van der Waals surface area contributed by atoms with E-state index in [-0.39, 0.29) is 23.3 Å². The molecule has 0 radical (unpaired) electrons. The average Bonchev–Trinajstić information content (AvgIpc) is 3.29. The molecule has 0 atom stereocenters. The number of ether oxygens (including phenoxy) is 2. The molecule has 0 aliphatic carbocycles. The Morgan fingerprint density at radius 1 is 1.13 bits per heavy atom. The zero-order valence-corrected chi connectivity index (χ0v) is 26.3. The fourth-order valence-corrected chi connectivity index (χ4v) is 6.51. The number of fused-ring (bicyclic) bond motifs is 1. The molecule has 4 rings (SSSR count). The summed E-state index contributed by atoms with van der Waals surface area (Å²) in [4.78, 5) is 26.3. The predicted molar refractivity (Wildman–Crippen MR) is 160 cm³/mol. The lowest BCUT2D eigenvalue weighted by Crippen LogP contribution is -2.42. The maximum Gasteiger partial charge on any atom is 0.410 e. The molecule has 1 aromatic heterocycles. The quantitative estimate of drug-likeness (QED) is 0.187. The number of piperidine rings is 1. The van der Waals surface area contributed by atoms with Crippen molar-refractivity contribution in [1.82, 2.24) is 14.9 Å². The van der Waals surface area contributed by atoms with Crippen LogP contribution in [0.1, 0.15) is 53.0 Å². The van der Waals surface area contributed by atoms with E-state index in [1.54, 1.807) is 11.2 Å². The van der Waals surface area contributed by atoms with Gasteiger partial charge in [0.25, 0.3) is 0 Å². The zero-order valence-electron chi connectivity index (χ0n) is 24.5. The van der Waals surface area contributed by atoms with E-state index in [4.69, 9.17) is 13.9 Å². The molecular weight excluding hydrogens is 528 g/mol. The molecule has 8 nitrogen and oxygen atoms in total. The number of likely N-dealkylation sites (tertiary alicyclic amines) is 1. The summed E-state index contributed by atoms with van der Waals surface area (Å²) in [5, 5.41) is 0.237. The fourth-order valence-electron chi connectivity index (χ4n) is 4.52. The van der Waals surface area contributed by atoms with Crippen molar-refractivity contribution in [3.63, 3.8) is 0 Å². The Bertz CT molecular complexity index is 1130. The topological polar surface area (TPSA) is 77.0 Å². The summed E-state index contributed by atoms with van der Waals surface area (Å²) < 4.78 is 17.9. The molecule has 0 saturated carbocycles. The summed E-state index contributed by atoms with van der Waals surface area (Å²) in [6.07, 6.45) is 3.71. The third kappa shape index (κ3) is 7.67. The first-order chi connectivity index (χ1) is 18.4. The molecule has 2 aromatic rings. The molecule has 0 unspecified atom stereocenters. The SMILES string of the molecule is CC(C)OC(=O)N1CCC(Oc2cc(N3CCc4cc(SCCO[Si](C)(C)C(C)(C)C)ccc43)ncn2)CC1. The molecule has 0 spiro atoms. The van der Waals surface area contributed by atoms with Crippen LogP contribution in [0.4, 0.5) is 16.3 Å². The van der Waals surface area contributed by atoms with Crippen molar-refractivity contribution in [2.24, 2.45) is 0 Å². The van der Waals surface area contributed by atoms with E-state index in [1.807, 2.05) is 31.7 Å². The highest BCUT2D eigenvalue weighted by Gasteiger charge is 2.36. The van der Waals surface area contributed by atoms with Crippen molar-refractivity contribution >= 4 is 37.7 Å². The van der Waals surface area contributed by atoms with Crippen LogP contribution in [0, 0.1) is 0 Å². The van der Waals surface area contributed by atoms with Gasteiger partial charge in [-0.1, -0.05) is 20.8 Å². The number of benzene rings is 1. The van der Waals surface area contributed by atoms with E-state index < -0.39 is 8.32 Å². The van der Waals surface area contributed by atoms with Gasteiger partial charge >= 0.3 is 6.09 Å².